The fourth-order valence-electron chi connectivity index (χ4n) is 4.93. The van der Waals surface area contributed by atoms with Gasteiger partial charge in [0.1, 0.15) is 0 Å². The number of hydrogen-bond donors (Lipinski definition) is 0. The smallest absolute Gasteiger partial charge is 0.0134 e. The summed E-state index contributed by atoms with van der Waals surface area (Å²) in [4.78, 5) is 0. The molecule has 6 aromatic rings. The summed E-state index contributed by atoms with van der Waals surface area (Å²) in [6, 6.07) is 61.6. The van der Waals surface area contributed by atoms with Crippen molar-refractivity contribution in [3.05, 3.63) is 181 Å². The Labute approximate surface area is 240 Å². The van der Waals surface area contributed by atoms with Crippen LogP contribution in [0.15, 0.2) is 170 Å². The quantitative estimate of drug-likeness (QED) is 0.138. The van der Waals surface area contributed by atoms with Crippen molar-refractivity contribution in [3.63, 3.8) is 0 Å². The maximum atomic E-state index is 2.35. The molecule has 2 heteroatoms. The van der Waals surface area contributed by atoms with Gasteiger partial charge in [0.15, 0.2) is 0 Å². The Bertz CT molecular complexity index is 1470. The summed E-state index contributed by atoms with van der Waals surface area (Å²) in [5.74, 6) is 0. The SMILES string of the molecule is C(=Cc1cccc(P(c2ccccc2)c2ccccc2)c1)c1cccc(P(c2ccccc2)c2ccccc2)c1. The molecule has 0 N–H and O–H groups in total. The molecule has 0 atom stereocenters. The monoisotopic (exact) mass is 548 g/mol. The Hall–Kier alpha value is -4.08. The van der Waals surface area contributed by atoms with Gasteiger partial charge >= 0.3 is 0 Å². The molecular formula is C38H30P2. The van der Waals surface area contributed by atoms with Crippen molar-refractivity contribution in [1.29, 1.82) is 0 Å². The second kappa shape index (κ2) is 12.8. The normalized spacial score (nSPS) is 11.3. The van der Waals surface area contributed by atoms with Crippen LogP contribution in [0.4, 0.5) is 0 Å². The van der Waals surface area contributed by atoms with E-state index < -0.39 is 15.8 Å². The molecule has 192 valence electrons. The van der Waals surface area contributed by atoms with Gasteiger partial charge in [0, 0.05) is 0 Å². The zero-order valence-electron chi connectivity index (χ0n) is 22.2. The maximum absolute atomic E-state index is 2.35. The van der Waals surface area contributed by atoms with Gasteiger partial charge in [-0.1, -0.05) is 170 Å². The van der Waals surface area contributed by atoms with E-state index in [4.69, 9.17) is 0 Å². The van der Waals surface area contributed by atoms with Crippen LogP contribution in [0.1, 0.15) is 11.1 Å². The van der Waals surface area contributed by atoms with Crippen molar-refractivity contribution >= 4 is 59.8 Å². The van der Waals surface area contributed by atoms with Gasteiger partial charge < -0.3 is 0 Å². The lowest BCUT2D eigenvalue weighted by Crippen LogP contribution is -2.20. The van der Waals surface area contributed by atoms with E-state index in [0.717, 1.165) is 0 Å². The molecule has 0 saturated carbocycles. The molecule has 0 nitrogen and oxygen atoms in total. The highest BCUT2D eigenvalue weighted by atomic mass is 31.1. The van der Waals surface area contributed by atoms with Gasteiger partial charge in [-0.15, -0.1) is 0 Å². The standard InChI is InChI=1S/C38H30P2/c1-5-17-33(18-6-1)39(34-19-7-2-8-20-34)37-25-13-15-31(29-37)27-28-32-16-14-26-38(30-32)40(35-21-9-3-10-22-35)36-23-11-4-12-24-36/h1-30H. The highest BCUT2D eigenvalue weighted by molar-refractivity contribution is 7.80. The van der Waals surface area contributed by atoms with Crippen molar-refractivity contribution in [3.8, 4) is 0 Å². The van der Waals surface area contributed by atoms with Crippen LogP contribution in [0.25, 0.3) is 12.2 Å². The van der Waals surface area contributed by atoms with Gasteiger partial charge in [0.25, 0.3) is 0 Å². The largest absolute Gasteiger partial charge is 0.0622 e. The Morgan fingerprint density at radius 2 is 0.550 bits per heavy atom. The Balaban J connectivity index is 1.32. The number of rotatable bonds is 8. The van der Waals surface area contributed by atoms with Crippen LogP contribution >= 0.6 is 15.8 Å². The molecule has 6 aromatic carbocycles. The lowest BCUT2D eigenvalue weighted by atomic mass is 10.1. The van der Waals surface area contributed by atoms with Crippen molar-refractivity contribution in [2.45, 2.75) is 0 Å². The zero-order chi connectivity index (χ0) is 27.0. The van der Waals surface area contributed by atoms with Crippen molar-refractivity contribution in [1.82, 2.24) is 0 Å². The molecule has 0 spiro atoms. The first-order valence-electron chi connectivity index (χ1n) is 13.5. The Morgan fingerprint density at radius 3 is 0.850 bits per heavy atom. The minimum absolute atomic E-state index is 0.624. The maximum Gasteiger partial charge on any atom is -0.0134 e. The molecule has 0 aliphatic rings. The first-order valence-corrected chi connectivity index (χ1v) is 16.2. The topological polar surface area (TPSA) is 0 Å². The summed E-state index contributed by atoms with van der Waals surface area (Å²) in [6.45, 7) is 0. The summed E-state index contributed by atoms with van der Waals surface area (Å²) in [5, 5.41) is 8.20. The fourth-order valence-corrected chi connectivity index (χ4v) is 9.63. The first-order chi connectivity index (χ1) is 19.8. The molecule has 0 aromatic heterocycles. The van der Waals surface area contributed by atoms with E-state index in [2.05, 4.69) is 182 Å². The molecule has 0 amide bonds. The molecule has 0 aliphatic carbocycles. The van der Waals surface area contributed by atoms with E-state index in [0.29, 0.717) is 0 Å². The van der Waals surface area contributed by atoms with Crippen molar-refractivity contribution < 1.29 is 0 Å². The van der Waals surface area contributed by atoms with Crippen LogP contribution in [-0.4, -0.2) is 0 Å². The first kappa shape index (κ1) is 26.2. The average molecular weight is 549 g/mol. The summed E-state index contributed by atoms with van der Waals surface area (Å²) in [7, 11) is -1.25. The van der Waals surface area contributed by atoms with E-state index in [1.807, 2.05) is 0 Å². The highest BCUT2D eigenvalue weighted by Gasteiger charge is 2.17. The van der Waals surface area contributed by atoms with E-state index in [-0.39, 0.29) is 0 Å². The molecule has 0 bridgehead atoms. The Morgan fingerprint density at radius 1 is 0.275 bits per heavy atom. The zero-order valence-corrected chi connectivity index (χ0v) is 24.0. The van der Waals surface area contributed by atoms with Crippen LogP contribution in [0.2, 0.25) is 0 Å². The summed E-state index contributed by atoms with van der Waals surface area (Å²) >= 11 is 0. The van der Waals surface area contributed by atoms with E-state index in [1.165, 1.54) is 43.0 Å². The Kier molecular flexibility index (Phi) is 8.40. The third kappa shape index (κ3) is 6.21. The van der Waals surface area contributed by atoms with Crippen LogP contribution in [0.5, 0.6) is 0 Å². The van der Waals surface area contributed by atoms with Gasteiger partial charge in [0.05, 0.1) is 0 Å². The lowest BCUT2D eigenvalue weighted by Gasteiger charge is -2.20. The minimum Gasteiger partial charge on any atom is -0.0622 e. The molecule has 0 saturated heterocycles. The van der Waals surface area contributed by atoms with E-state index >= 15 is 0 Å². The van der Waals surface area contributed by atoms with Crippen molar-refractivity contribution in [2.24, 2.45) is 0 Å². The van der Waals surface area contributed by atoms with Gasteiger partial charge in [-0.3, -0.25) is 0 Å². The lowest BCUT2D eigenvalue weighted by molar-refractivity contribution is 1.68. The highest BCUT2D eigenvalue weighted by Crippen LogP contribution is 2.34. The number of benzene rings is 6. The predicted octanol–water partition coefficient (Wildman–Crippen LogP) is 7.37. The predicted molar refractivity (Wildman–Crippen MR) is 179 cm³/mol. The van der Waals surface area contributed by atoms with E-state index in [1.54, 1.807) is 0 Å². The van der Waals surface area contributed by atoms with Crippen LogP contribution < -0.4 is 31.8 Å². The molecule has 0 fully saturated rings. The average Bonchev–Trinajstić information content (AvgIpc) is 3.03. The van der Waals surface area contributed by atoms with Crippen LogP contribution in [-0.2, 0) is 0 Å². The molecular weight excluding hydrogens is 518 g/mol. The molecule has 0 aliphatic heterocycles. The van der Waals surface area contributed by atoms with Crippen molar-refractivity contribution in [2.75, 3.05) is 0 Å². The molecule has 0 radical (unpaired) electrons. The van der Waals surface area contributed by atoms with Gasteiger partial charge in [-0.05, 0) is 70.9 Å². The van der Waals surface area contributed by atoms with E-state index in [9.17, 15) is 0 Å². The molecule has 0 heterocycles. The summed E-state index contributed by atoms with van der Waals surface area (Å²) in [6.07, 6.45) is 4.50. The second-order valence-electron chi connectivity index (χ2n) is 9.54. The summed E-state index contributed by atoms with van der Waals surface area (Å²) in [5.41, 5.74) is 2.44. The molecule has 0 unspecified atom stereocenters. The number of hydrogen-bond acceptors (Lipinski definition) is 0. The third-order valence-electron chi connectivity index (χ3n) is 6.78. The molecule has 6 rings (SSSR count). The van der Waals surface area contributed by atoms with Crippen LogP contribution in [0, 0.1) is 0 Å². The summed E-state index contributed by atoms with van der Waals surface area (Å²) < 4.78 is 0. The van der Waals surface area contributed by atoms with Crippen LogP contribution in [0.3, 0.4) is 0 Å². The molecule has 40 heavy (non-hydrogen) atoms. The fraction of sp³-hybridized carbons (Fsp3) is 0. The van der Waals surface area contributed by atoms with Gasteiger partial charge in [0.2, 0.25) is 0 Å². The second-order valence-corrected chi connectivity index (χ2v) is 14.0. The van der Waals surface area contributed by atoms with Gasteiger partial charge in [-0.2, -0.15) is 0 Å². The minimum atomic E-state index is -0.624. The third-order valence-corrected chi connectivity index (χ3v) is 11.6. The van der Waals surface area contributed by atoms with Gasteiger partial charge in [-0.25, -0.2) is 0 Å².